The van der Waals surface area contributed by atoms with E-state index in [9.17, 15) is 4.79 Å². The van der Waals surface area contributed by atoms with E-state index in [1.807, 2.05) is 0 Å². The molecule has 2 rings (SSSR count). The molecule has 1 aliphatic carbocycles. The van der Waals surface area contributed by atoms with E-state index in [2.05, 4.69) is 10.2 Å². The number of nitrogens with two attached hydrogens (primary N) is 1. The molecule has 0 bridgehead atoms. The molecule has 1 aliphatic rings. The van der Waals surface area contributed by atoms with Crippen molar-refractivity contribution in [2.24, 2.45) is 0 Å². The average molecular weight is 312 g/mol. The molecule has 1 amide bonds. The van der Waals surface area contributed by atoms with E-state index in [1.54, 1.807) is 18.2 Å². The zero-order chi connectivity index (χ0) is 15.2. The number of benzene rings is 1. The number of nitrogens with one attached hydrogen (secondary N) is 1. The second-order valence-electron chi connectivity index (χ2n) is 5.38. The van der Waals surface area contributed by atoms with Crippen LogP contribution in [0.3, 0.4) is 0 Å². The van der Waals surface area contributed by atoms with Crippen LogP contribution < -0.4 is 11.1 Å². The van der Waals surface area contributed by atoms with Gasteiger partial charge in [-0.25, -0.2) is 0 Å². The van der Waals surface area contributed by atoms with Crippen molar-refractivity contribution in [3.8, 4) is 0 Å². The van der Waals surface area contributed by atoms with Crippen LogP contribution in [0.4, 0.5) is 11.4 Å². The van der Waals surface area contributed by atoms with Crippen LogP contribution in [-0.4, -0.2) is 41.7 Å². The van der Waals surface area contributed by atoms with Crippen molar-refractivity contribution in [2.75, 3.05) is 30.7 Å². The summed E-state index contributed by atoms with van der Waals surface area (Å²) in [4.78, 5) is 14.2. The van der Waals surface area contributed by atoms with Gasteiger partial charge in [0.25, 0.3) is 0 Å². The van der Waals surface area contributed by atoms with Crippen LogP contribution in [-0.2, 0) is 4.79 Å². The molecule has 0 atom stereocenters. The largest absolute Gasteiger partial charge is 0.399 e. The first kappa shape index (κ1) is 16.1. The molecule has 0 unspecified atom stereocenters. The highest BCUT2D eigenvalue weighted by atomic mass is 35.5. The first-order valence-corrected chi connectivity index (χ1v) is 7.67. The molecule has 5 nitrogen and oxygen atoms in total. The molecule has 0 heterocycles. The zero-order valence-corrected chi connectivity index (χ0v) is 12.8. The van der Waals surface area contributed by atoms with Gasteiger partial charge in [0, 0.05) is 24.7 Å². The molecule has 6 heteroatoms. The number of aliphatic hydroxyl groups excluding tert-OH is 1. The van der Waals surface area contributed by atoms with Gasteiger partial charge in [0.2, 0.25) is 5.91 Å². The van der Waals surface area contributed by atoms with E-state index in [-0.39, 0.29) is 12.5 Å². The lowest BCUT2D eigenvalue weighted by Crippen LogP contribution is -2.30. The number of nitrogen functional groups attached to an aromatic ring is 1. The smallest absolute Gasteiger partial charge is 0.224 e. The Balaban J connectivity index is 1.74. The van der Waals surface area contributed by atoms with Crippen LogP contribution in [0.5, 0.6) is 0 Å². The van der Waals surface area contributed by atoms with Gasteiger partial charge in [-0.1, -0.05) is 11.6 Å². The van der Waals surface area contributed by atoms with E-state index < -0.39 is 0 Å². The van der Waals surface area contributed by atoms with Gasteiger partial charge in [0.15, 0.2) is 0 Å². The molecule has 0 aliphatic heterocycles. The molecular formula is C15H22ClN3O2. The first-order valence-electron chi connectivity index (χ1n) is 7.30. The summed E-state index contributed by atoms with van der Waals surface area (Å²) in [5.41, 5.74) is 6.77. The molecule has 0 spiro atoms. The van der Waals surface area contributed by atoms with E-state index >= 15 is 0 Å². The normalized spacial score (nSPS) is 14.4. The second-order valence-corrected chi connectivity index (χ2v) is 5.79. The van der Waals surface area contributed by atoms with Crippen molar-refractivity contribution in [3.63, 3.8) is 0 Å². The summed E-state index contributed by atoms with van der Waals surface area (Å²) in [6.45, 7) is 1.70. The van der Waals surface area contributed by atoms with Gasteiger partial charge in [0.05, 0.1) is 17.3 Å². The number of carbonyl (C=O) groups is 1. The predicted molar refractivity (Wildman–Crippen MR) is 85.4 cm³/mol. The number of rotatable bonds is 8. The molecular weight excluding hydrogens is 290 g/mol. The summed E-state index contributed by atoms with van der Waals surface area (Å²) in [5.74, 6) is -0.0542. The predicted octanol–water partition coefficient (Wildman–Crippen LogP) is 2.10. The number of aliphatic hydroxyl groups is 1. The molecule has 1 aromatic carbocycles. The van der Waals surface area contributed by atoms with Gasteiger partial charge in [-0.15, -0.1) is 0 Å². The minimum Gasteiger partial charge on any atom is -0.399 e. The number of amides is 1. The Morgan fingerprint density at radius 1 is 1.43 bits per heavy atom. The van der Waals surface area contributed by atoms with Crippen molar-refractivity contribution in [2.45, 2.75) is 31.7 Å². The van der Waals surface area contributed by atoms with Gasteiger partial charge in [0.1, 0.15) is 0 Å². The average Bonchev–Trinajstić information content (AvgIpc) is 3.25. The molecule has 0 radical (unpaired) electrons. The Bertz CT molecular complexity index is 492. The fraction of sp³-hybridized carbons (Fsp3) is 0.533. The van der Waals surface area contributed by atoms with Gasteiger partial charge < -0.3 is 16.2 Å². The number of anilines is 2. The van der Waals surface area contributed by atoms with E-state index in [1.165, 1.54) is 12.8 Å². The van der Waals surface area contributed by atoms with E-state index in [4.69, 9.17) is 22.4 Å². The Kier molecular flexibility index (Phi) is 5.85. The van der Waals surface area contributed by atoms with Crippen LogP contribution >= 0.6 is 11.6 Å². The highest BCUT2D eigenvalue weighted by Gasteiger charge is 2.27. The highest BCUT2D eigenvalue weighted by molar-refractivity contribution is 6.34. The molecule has 4 N–H and O–H groups in total. The number of halogens is 1. The SMILES string of the molecule is Nc1ccc(NC(=O)CCCN(CCO)C2CC2)c(Cl)c1. The third-order valence-electron chi connectivity index (χ3n) is 3.57. The van der Waals surface area contributed by atoms with Gasteiger partial charge >= 0.3 is 0 Å². The molecule has 21 heavy (non-hydrogen) atoms. The van der Waals surface area contributed by atoms with Crippen molar-refractivity contribution < 1.29 is 9.90 Å². The lowest BCUT2D eigenvalue weighted by molar-refractivity contribution is -0.116. The van der Waals surface area contributed by atoms with Crippen molar-refractivity contribution in [1.82, 2.24) is 4.90 Å². The maximum atomic E-state index is 11.9. The van der Waals surface area contributed by atoms with Crippen LogP contribution in [0.15, 0.2) is 18.2 Å². The Labute approximate surface area is 130 Å². The number of hydrogen-bond acceptors (Lipinski definition) is 4. The molecule has 1 fully saturated rings. The van der Waals surface area contributed by atoms with Gasteiger partial charge in [-0.2, -0.15) is 0 Å². The van der Waals surface area contributed by atoms with Crippen LogP contribution in [0.25, 0.3) is 0 Å². The first-order chi connectivity index (χ1) is 10.1. The summed E-state index contributed by atoms with van der Waals surface area (Å²) in [7, 11) is 0. The Hall–Kier alpha value is -1.30. The zero-order valence-electron chi connectivity index (χ0n) is 12.0. The fourth-order valence-electron chi connectivity index (χ4n) is 2.33. The quantitative estimate of drug-likeness (QED) is 0.642. The number of hydrogen-bond donors (Lipinski definition) is 3. The standard InChI is InChI=1S/C15H22ClN3O2/c16-13-10-11(17)3-6-14(13)18-15(21)2-1-7-19(8-9-20)12-4-5-12/h3,6,10,12,20H,1-2,4-5,7-9,17H2,(H,18,21). The molecule has 1 saturated carbocycles. The molecule has 0 saturated heterocycles. The van der Waals surface area contributed by atoms with Gasteiger partial charge in [-0.05, 0) is 44.0 Å². The van der Waals surface area contributed by atoms with E-state index in [0.717, 1.165) is 13.0 Å². The maximum absolute atomic E-state index is 11.9. The second kappa shape index (κ2) is 7.64. The van der Waals surface area contributed by atoms with Crippen LogP contribution in [0, 0.1) is 0 Å². The van der Waals surface area contributed by atoms with E-state index in [0.29, 0.717) is 35.4 Å². The Morgan fingerprint density at radius 3 is 2.81 bits per heavy atom. The van der Waals surface area contributed by atoms with Crippen molar-refractivity contribution in [3.05, 3.63) is 23.2 Å². The highest BCUT2D eigenvalue weighted by Crippen LogP contribution is 2.27. The number of nitrogens with zero attached hydrogens (tertiary/aromatic N) is 1. The van der Waals surface area contributed by atoms with Crippen LogP contribution in [0.2, 0.25) is 5.02 Å². The summed E-state index contributed by atoms with van der Waals surface area (Å²) in [5, 5.41) is 12.3. The van der Waals surface area contributed by atoms with Gasteiger partial charge in [-0.3, -0.25) is 9.69 Å². The summed E-state index contributed by atoms with van der Waals surface area (Å²) in [6, 6.07) is 5.63. The van der Waals surface area contributed by atoms with Crippen molar-refractivity contribution in [1.29, 1.82) is 0 Å². The minimum atomic E-state index is -0.0542. The molecule has 0 aromatic heterocycles. The lowest BCUT2D eigenvalue weighted by atomic mass is 10.2. The van der Waals surface area contributed by atoms with Crippen LogP contribution in [0.1, 0.15) is 25.7 Å². The number of carbonyl (C=O) groups excluding carboxylic acids is 1. The molecule has 1 aromatic rings. The topological polar surface area (TPSA) is 78.6 Å². The maximum Gasteiger partial charge on any atom is 0.224 e. The summed E-state index contributed by atoms with van der Waals surface area (Å²) >= 11 is 6.02. The summed E-state index contributed by atoms with van der Waals surface area (Å²) < 4.78 is 0. The molecule has 116 valence electrons. The lowest BCUT2D eigenvalue weighted by Gasteiger charge is -2.20. The Morgan fingerprint density at radius 2 is 2.19 bits per heavy atom. The van der Waals surface area contributed by atoms with Crippen molar-refractivity contribution >= 4 is 28.9 Å². The fourth-order valence-corrected chi connectivity index (χ4v) is 2.57. The monoisotopic (exact) mass is 311 g/mol. The summed E-state index contributed by atoms with van der Waals surface area (Å²) in [6.07, 6.45) is 3.62. The minimum absolute atomic E-state index is 0.0542. The third-order valence-corrected chi connectivity index (χ3v) is 3.88. The third kappa shape index (κ3) is 5.19.